The molecule has 1 saturated carbocycles. The van der Waals surface area contributed by atoms with Crippen LogP contribution in [-0.2, 0) is 18.3 Å². The van der Waals surface area contributed by atoms with E-state index in [9.17, 15) is 4.79 Å². The van der Waals surface area contributed by atoms with Crippen LogP contribution in [0.4, 0.5) is 0 Å². The predicted octanol–water partition coefficient (Wildman–Crippen LogP) is 3.05. The summed E-state index contributed by atoms with van der Waals surface area (Å²) >= 11 is 0. The average molecular weight is 351 g/mol. The van der Waals surface area contributed by atoms with Gasteiger partial charge in [-0.1, -0.05) is 18.2 Å². The number of aryl methyl sites for hydroxylation is 1. The minimum Gasteiger partial charge on any atom is -0.350 e. The molecule has 4 fully saturated rings. The molecule has 2 bridgehead atoms. The van der Waals surface area contributed by atoms with Crippen molar-refractivity contribution in [3.05, 3.63) is 36.0 Å². The van der Waals surface area contributed by atoms with Gasteiger partial charge in [0.2, 0.25) is 5.91 Å². The van der Waals surface area contributed by atoms with Crippen molar-refractivity contribution < 1.29 is 4.79 Å². The first-order valence-electron chi connectivity index (χ1n) is 10.2. The van der Waals surface area contributed by atoms with Gasteiger partial charge in [0, 0.05) is 56.4 Å². The Bertz CT molecular complexity index is 822. The Kier molecular flexibility index (Phi) is 4.04. The van der Waals surface area contributed by atoms with E-state index in [1.54, 1.807) is 0 Å². The molecule has 2 atom stereocenters. The van der Waals surface area contributed by atoms with Gasteiger partial charge in [-0.3, -0.25) is 9.69 Å². The number of para-hydroxylation sites is 1. The van der Waals surface area contributed by atoms with Crippen LogP contribution in [0.5, 0.6) is 0 Å². The van der Waals surface area contributed by atoms with Crippen LogP contribution in [-0.4, -0.2) is 52.5 Å². The number of amides is 1. The highest BCUT2D eigenvalue weighted by Gasteiger charge is 2.38. The van der Waals surface area contributed by atoms with Crippen molar-refractivity contribution in [1.82, 2.24) is 14.4 Å². The standard InChI is InChI=1S/C22H29N3O/c1-23-14-18(20-4-2-3-5-21(20)23)10-22(26)25-13-17-8-9-19(15-25)24(12-17)11-16-6-7-16/h2-5,14,16-17,19H,6-13,15H2,1H3/t17-,19-/m0/s1. The van der Waals surface area contributed by atoms with Crippen LogP contribution in [0.1, 0.15) is 31.2 Å². The van der Waals surface area contributed by atoms with Crippen LogP contribution < -0.4 is 0 Å². The second kappa shape index (κ2) is 6.41. The topological polar surface area (TPSA) is 28.5 Å². The second-order valence-electron chi connectivity index (χ2n) is 8.75. The number of nitrogens with zero attached hydrogens (tertiary/aromatic N) is 3. The molecular formula is C22H29N3O. The van der Waals surface area contributed by atoms with Gasteiger partial charge in [0.25, 0.3) is 0 Å². The molecule has 0 radical (unpaired) electrons. The highest BCUT2D eigenvalue weighted by molar-refractivity contribution is 5.89. The number of aromatic nitrogens is 1. The lowest BCUT2D eigenvalue weighted by Gasteiger charge is -2.36. The van der Waals surface area contributed by atoms with Crippen molar-refractivity contribution in [1.29, 1.82) is 0 Å². The molecule has 2 aromatic rings. The zero-order chi connectivity index (χ0) is 17.7. The molecule has 1 aromatic carbocycles. The van der Waals surface area contributed by atoms with Crippen molar-refractivity contribution >= 4 is 16.8 Å². The first-order chi connectivity index (χ1) is 12.7. The van der Waals surface area contributed by atoms with Crippen LogP contribution in [0.3, 0.4) is 0 Å². The number of piperidine rings is 1. The van der Waals surface area contributed by atoms with Gasteiger partial charge >= 0.3 is 0 Å². The van der Waals surface area contributed by atoms with Gasteiger partial charge in [-0.15, -0.1) is 0 Å². The fraction of sp³-hybridized carbons (Fsp3) is 0.591. The van der Waals surface area contributed by atoms with Crippen molar-refractivity contribution in [2.24, 2.45) is 18.9 Å². The van der Waals surface area contributed by atoms with Gasteiger partial charge in [-0.25, -0.2) is 0 Å². The molecule has 4 nitrogen and oxygen atoms in total. The summed E-state index contributed by atoms with van der Waals surface area (Å²) in [4.78, 5) is 18.0. The molecule has 138 valence electrons. The van der Waals surface area contributed by atoms with Crippen molar-refractivity contribution in [2.45, 2.75) is 38.1 Å². The molecule has 6 rings (SSSR count). The summed E-state index contributed by atoms with van der Waals surface area (Å²) in [6.45, 7) is 4.37. The fourth-order valence-electron chi connectivity index (χ4n) is 5.08. The summed E-state index contributed by atoms with van der Waals surface area (Å²) in [5, 5.41) is 1.22. The Labute approximate surface area is 155 Å². The number of fused-ring (bicyclic) bond motifs is 5. The first kappa shape index (κ1) is 16.4. The Morgan fingerprint density at radius 1 is 1.08 bits per heavy atom. The van der Waals surface area contributed by atoms with Gasteiger partial charge in [0.1, 0.15) is 0 Å². The van der Waals surface area contributed by atoms with Crippen LogP contribution in [0, 0.1) is 11.8 Å². The first-order valence-corrected chi connectivity index (χ1v) is 10.2. The maximum Gasteiger partial charge on any atom is 0.227 e. The number of hydrogen-bond acceptors (Lipinski definition) is 2. The Balaban J connectivity index is 1.32. The van der Waals surface area contributed by atoms with Gasteiger partial charge < -0.3 is 9.47 Å². The summed E-state index contributed by atoms with van der Waals surface area (Å²) in [7, 11) is 2.07. The van der Waals surface area contributed by atoms with Gasteiger partial charge in [0.15, 0.2) is 0 Å². The Morgan fingerprint density at radius 3 is 2.77 bits per heavy atom. The van der Waals surface area contributed by atoms with Crippen molar-refractivity contribution in [2.75, 3.05) is 26.2 Å². The Morgan fingerprint density at radius 2 is 1.92 bits per heavy atom. The number of rotatable bonds is 4. The molecule has 1 aliphatic carbocycles. The minimum absolute atomic E-state index is 0.312. The van der Waals surface area contributed by atoms with E-state index >= 15 is 0 Å². The van der Waals surface area contributed by atoms with Gasteiger partial charge in [0.05, 0.1) is 6.42 Å². The molecule has 4 aliphatic rings. The summed E-state index contributed by atoms with van der Waals surface area (Å²) in [5.41, 5.74) is 2.38. The lowest BCUT2D eigenvalue weighted by atomic mass is 9.95. The third-order valence-electron chi connectivity index (χ3n) is 6.69. The number of carbonyl (C=O) groups excluding carboxylic acids is 1. The van der Waals surface area contributed by atoms with Crippen LogP contribution in [0.25, 0.3) is 10.9 Å². The quantitative estimate of drug-likeness (QED) is 0.847. The normalized spacial score (nSPS) is 26.4. The molecule has 1 amide bonds. The summed E-state index contributed by atoms with van der Waals surface area (Å²) < 4.78 is 2.14. The van der Waals surface area contributed by atoms with E-state index in [2.05, 4.69) is 51.9 Å². The third kappa shape index (κ3) is 3.05. The van der Waals surface area contributed by atoms with Crippen LogP contribution >= 0.6 is 0 Å². The molecule has 3 aliphatic heterocycles. The van der Waals surface area contributed by atoms with E-state index in [1.807, 2.05) is 0 Å². The molecule has 4 heterocycles. The monoisotopic (exact) mass is 351 g/mol. The van der Waals surface area contributed by atoms with Crippen molar-refractivity contribution in [3.8, 4) is 0 Å². The summed E-state index contributed by atoms with van der Waals surface area (Å²) in [6, 6.07) is 8.99. The SMILES string of the molecule is Cn1cc(CC(=O)N2C[C@H]3CC[C@@H](C2)N(CC2CC2)C3)c2ccccc21. The zero-order valence-corrected chi connectivity index (χ0v) is 15.7. The number of carbonyl (C=O) groups is 1. The van der Waals surface area contributed by atoms with Crippen LogP contribution in [0.15, 0.2) is 30.5 Å². The summed E-state index contributed by atoms with van der Waals surface area (Å²) in [6.07, 6.45) is 8.06. The van der Waals surface area contributed by atoms with Gasteiger partial charge in [-0.05, 0) is 49.1 Å². The third-order valence-corrected chi connectivity index (χ3v) is 6.69. The maximum atomic E-state index is 13.1. The Hall–Kier alpha value is -1.81. The number of benzene rings is 1. The fourth-order valence-corrected chi connectivity index (χ4v) is 5.08. The highest BCUT2D eigenvalue weighted by Crippen LogP contribution is 2.35. The molecule has 0 N–H and O–H groups in total. The lowest BCUT2D eigenvalue weighted by molar-refractivity contribution is -0.130. The molecule has 1 aromatic heterocycles. The maximum absolute atomic E-state index is 13.1. The lowest BCUT2D eigenvalue weighted by Crippen LogP contribution is -2.45. The van der Waals surface area contributed by atoms with E-state index in [4.69, 9.17) is 0 Å². The van der Waals surface area contributed by atoms with E-state index < -0.39 is 0 Å². The molecule has 0 spiro atoms. The minimum atomic E-state index is 0.312. The van der Waals surface area contributed by atoms with E-state index in [0.717, 1.165) is 19.0 Å². The second-order valence-corrected chi connectivity index (χ2v) is 8.75. The van der Waals surface area contributed by atoms with E-state index in [0.29, 0.717) is 24.3 Å². The van der Waals surface area contributed by atoms with E-state index in [1.165, 1.54) is 55.2 Å². The smallest absolute Gasteiger partial charge is 0.227 e. The molecule has 4 heteroatoms. The van der Waals surface area contributed by atoms with Crippen molar-refractivity contribution in [3.63, 3.8) is 0 Å². The van der Waals surface area contributed by atoms with Gasteiger partial charge in [-0.2, -0.15) is 0 Å². The summed E-state index contributed by atoms with van der Waals surface area (Å²) in [5.74, 6) is 1.92. The van der Waals surface area contributed by atoms with Crippen LogP contribution in [0.2, 0.25) is 0 Å². The molecular weight excluding hydrogens is 322 g/mol. The number of hydrogen-bond donors (Lipinski definition) is 0. The molecule has 3 saturated heterocycles. The zero-order valence-electron chi connectivity index (χ0n) is 15.7. The molecule has 26 heavy (non-hydrogen) atoms. The molecule has 0 unspecified atom stereocenters. The van der Waals surface area contributed by atoms with E-state index in [-0.39, 0.29) is 0 Å². The predicted molar refractivity (Wildman–Crippen MR) is 104 cm³/mol. The largest absolute Gasteiger partial charge is 0.350 e. The highest BCUT2D eigenvalue weighted by atomic mass is 16.2. The average Bonchev–Trinajstić information content (AvgIpc) is 3.45.